The Bertz CT molecular complexity index is 634. The molecule has 2 rings (SSSR count). The summed E-state index contributed by atoms with van der Waals surface area (Å²) in [5.41, 5.74) is -0.604. The Hall–Kier alpha value is -2.64. The van der Waals surface area contributed by atoms with Crippen molar-refractivity contribution < 1.29 is 28.0 Å². The molecule has 0 saturated heterocycles. The highest BCUT2D eigenvalue weighted by atomic mass is 19.2. The molecule has 1 unspecified atom stereocenters. The Balaban J connectivity index is 2.44. The Kier molecular flexibility index (Phi) is 4.30. The number of fused-ring (bicyclic) bond motifs is 1. The second kappa shape index (κ2) is 6.00. The molecule has 0 aliphatic carbocycles. The van der Waals surface area contributed by atoms with Gasteiger partial charge in [-0.1, -0.05) is 13.3 Å². The Morgan fingerprint density at radius 2 is 1.73 bits per heavy atom. The van der Waals surface area contributed by atoms with Crippen LogP contribution in [-0.2, 0) is 9.59 Å². The number of carbonyl (C=O) groups excluding carboxylic acids is 4. The molecule has 0 bridgehead atoms. The molecule has 0 radical (unpaired) electrons. The van der Waals surface area contributed by atoms with Crippen molar-refractivity contribution in [3.05, 3.63) is 34.9 Å². The average Bonchev–Trinajstić information content (AvgIpc) is 2.70. The van der Waals surface area contributed by atoms with E-state index in [-0.39, 0.29) is 24.0 Å². The lowest BCUT2D eigenvalue weighted by atomic mass is 10.1. The highest BCUT2D eigenvalue weighted by Gasteiger charge is 2.43. The summed E-state index contributed by atoms with van der Waals surface area (Å²) in [6.07, 6.45) is 0.714. The quantitative estimate of drug-likeness (QED) is 0.649. The van der Waals surface area contributed by atoms with Crippen LogP contribution in [0.3, 0.4) is 0 Å². The van der Waals surface area contributed by atoms with Crippen LogP contribution in [0.15, 0.2) is 12.1 Å². The minimum absolute atomic E-state index is 0.121. The normalized spacial score (nSPS) is 14.8. The fourth-order valence-corrected chi connectivity index (χ4v) is 2.34. The van der Waals surface area contributed by atoms with Crippen LogP contribution >= 0.6 is 0 Å². The summed E-state index contributed by atoms with van der Waals surface area (Å²) in [6, 6.07) is 0.0468. The highest BCUT2D eigenvalue weighted by Crippen LogP contribution is 2.28. The van der Waals surface area contributed by atoms with Crippen molar-refractivity contribution in [3.63, 3.8) is 0 Å². The Morgan fingerprint density at radius 1 is 1.23 bits per heavy atom. The summed E-state index contributed by atoms with van der Waals surface area (Å²) in [5.74, 6) is -5.12. The topological polar surface area (TPSA) is 83.6 Å². The van der Waals surface area contributed by atoms with Crippen LogP contribution in [0, 0.1) is 11.6 Å². The van der Waals surface area contributed by atoms with Gasteiger partial charge in [-0.2, -0.15) is 0 Å². The van der Waals surface area contributed by atoms with Crippen LogP contribution in [0.5, 0.6) is 0 Å². The van der Waals surface area contributed by atoms with Crippen molar-refractivity contribution >= 4 is 24.1 Å². The molecule has 1 aromatic carbocycles. The Labute approximate surface area is 124 Å². The van der Waals surface area contributed by atoms with Crippen LogP contribution < -0.4 is 5.32 Å². The lowest BCUT2D eigenvalue weighted by molar-refractivity contribution is -0.128. The van der Waals surface area contributed by atoms with Gasteiger partial charge in [0.05, 0.1) is 11.1 Å². The smallest absolute Gasteiger partial charge is 0.262 e. The first-order valence-corrected chi connectivity index (χ1v) is 6.53. The summed E-state index contributed by atoms with van der Waals surface area (Å²) < 4.78 is 26.5. The highest BCUT2D eigenvalue weighted by molar-refractivity contribution is 6.23. The van der Waals surface area contributed by atoms with Gasteiger partial charge in [-0.15, -0.1) is 0 Å². The zero-order chi connectivity index (χ0) is 16.4. The molecule has 116 valence electrons. The van der Waals surface area contributed by atoms with Crippen LogP contribution in [0.4, 0.5) is 8.78 Å². The molecule has 1 aliphatic heterocycles. The van der Waals surface area contributed by atoms with E-state index in [1.54, 1.807) is 6.92 Å². The fourth-order valence-electron chi connectivity index (χ4n) is 2.34. The zero-order valence-electron chi connectivity index (χ0n) is 11.6. The van der Waals surface area contributed by atoms with Crippen molar-refractivity contribution in [1.82, 2.24) is 10.2 Å². The van der Waals surface area contributed by atoms with E-state index in [0.29, 0.717) is 23.5 Å². The number of imide groups is 2. The van der Waals surface area contributed by atoms with Gasteiger partial charge in [-0.05, 0) is 18.6 Å². The van der Waals surface area contributed by atoms with Crippen molar-refractivity contribution in [1.29, 1.82) is 0 Å². The van der Waals surface area contributed by atoms with Crippen LogP contribution in [-0.4, -0.2) is 35.1 Å². The largest absolute Gasteiger partial charge is 0.297 e. The average molecular weight is 310 g/mol. The molecule has 1 aliphatic rings. The summed E-state index contributed by atoms with van der Waals surface area (Å²) in [4.78, 5) is 47.4. The first kappa shape index (κ1) is 15.7. The van der Waals surface area contributed by atoms with E-state index >= 15 is 0 Å². The first-order chi connectivity index (χ1) is 10.4. The number of hydrogen-bond acceptors (Lipinski definition) is 4. The molecule has 1 heterocycles. The third-order valence-electron chi connectivity index (χ3n) is 3.34. The van der Waals surface area contributed by atoms with E-state index in [4.69, 9.17) is 0 Å². The molecule has 0 saturated carbocycles. The maximum Gasteiger partial charge on any atom is 0.262 e. The summed E-state index contributed by atoms with van der Waals surface area (Å²) in [5, 5.41) is 1.88. The van der Waals surface area contributed by atoms with Gasteiger partial charge in [-0.25, -0.2) is 8.78 Å². The predicted molar refractivity (Wildman–Crippen MR) is 69.8 cm³/mol. The zero-order valence-corrected chi connectivity index (χ0v) is 11.6. The monoisotopic (exact) mass is 310 g/mol. The SMILES string of the molecule is CCCC(C(=O)NC=O)N1C(=O)c2cc(F)c(F)cc2C1=O. The number of benzene rings is 1. The summed E-state index contributed by atoms with van der Waals surface area (Å²) in [6.45, 7) is 1.72. The van der Waals surface area contributed by atoms with Crippen molar-refractivity contribution in [3.8, 4) is 0 Å². The summed E-state index contributed by atoms with van der Waals surface area (Å²) >= 11 is 0. The third-order valence-corrected chi connectivity index (χ3v) is 3.34. The lowest BCUT2D eigenvalue weighted by Gasteiger charge is -2.23. The minimum Gasteiger partial charge on any atom is -0.297 e. The molecule has 8 heteroatoms. The molecule has 1 N–H and O–H groups in total. The fraction of sp³-hybridized carbons (Fsp3) is 0.286. The van der Waals surface area contributed by atoms with Crippen molar-refractivity contribution in [2.45, 2.75) is 25.8 Å². The molecule has 1 atom stereocenters. The van der Waals surface area contributed by atoms with Gasteiger partial charge < -0.3 is 0 Å². The predicted octanol–water partition coefficient (Wildman–Crippen LogP) is 1.00. The molecule has 22 heavy (non-hydrogen) atoms. The second-order valence-corrected chi connectivity index (χ2v) is 4.72. The molecule has 4 amide bonds. The number of carbonyl (C=O) groups is 4. The van der Waals surface area contributed by atoms with Gasteiger partial charge >= 0.3 is 0 Å². The number of halogens is 2. The van der Waals surface area contributed by atoms with E-state index in [1.807, 2.05) is 5.32 Å². The van der Waals surface area contributed by atoms with Gasteiger partial charge in [0.15, 0.2) is 11.6 Å². The van der Waals surface area contributed by atoms with E-state index in [1.165, 1.54) is 0 Å². The van der Waals surface area contributed by atoms with Gasteiger partial charge in [0.2, 0.25) is 12.3 Å². The second-order valence-electron chi connectivity index (χ2n) is 4.72. The minimum atomic E-state index is -1.26. The number of rotatable bonds is 5. The van der Waals surface area contributed by atoms with Crippen LogP contribution in [0.1, 0.15) is 40.5 Å². The van der Waals surface area contributed by atoms with Crippen molar-refractivity contribution in [2.75, 3.05) is 0 Å². The standard InChI is InChI=1S/C14H12F2N2O4/c1-2-3-11(12(20)17-6-19)18-13(21)7-4-9(15)10(16)5-8(7)14(18)22/h4-6,11H,2-3H2,1H3,(H,17,19,20). The molecular weight excluding hydrogens is 298 g/mol. The molecule has 0 aromatic heterocycles. The van der Waals surface area contributed by atoms with E-state index in [2.05, 4.69) is 0 Å². The maximum absolute atomic E-state index is 13.2. The summed E-state index contributed by atoms with van der Waals surface area (Å²) in [7, 11) is 0. The van der Waals surface area contributed by atoms with Gasteiger partial charge in [-0.3, -0.25) is 29.4 Å². The first-order valence-electron chi connectivity index (χ1n) is 6.53. The number of amides is 4. The molecular formula is C14H12F2N2O4. The number of nitrogens with zero attached hydrogens (tertiary/aromatic N) is 1. The van der Waals surface area contributed by atoms with E-state index in [0.717, 1.165) is 0 Å². The molecule has 6 nitrogen and oxygen atoms in total. The van der Waals surface area contributed by atoms with Crippen LogP contribution in [0.2, 0.25) is 0 Å². The van der Waals surface area contributed by atoms with Gasteiger partial charge in [0, 0.05) is 0 Å². The molecule has 0 fully saturated rings. The third kappa shape index (κ3) is 2.47. The van der Waals surface area contributed by atoms with Gasteiger partial charge in [0.25, 0.3) is 11.8 Å². The maximum atomic E-state index is 13.2. The van der Waals surface area contributed by atoms with Crippen LogP contribution in [0.25, 0.3) is 0 Å². The molecule has 1 aromatic rings. The molecule has 0 spiro atoms. The van der Waals surface area contributed by atoms with Crippen molar-refractivity contribution in [2.24, 2.45) is 0 Å². The number of nitrogens with one attached hydrogen (secondary N) is 1. The Morgan fingerprint density at radius 3 is 2.14 bits per heavy atom. The van der Waals surface area contributed by atoms with Gasteiger partial charge in [0.1, 0.15) is 6.04 Å². The van der Waals surface area contributed by atoms with E-state index < -0.39 is 35.4 Å². The number of hydrogen-bond donors (Lipinski definition) is 1. The van der Waals surface area contributed by atoms with E-state index in [9.17, 15) is 28.0 Å². The lowest BCUT2D eigenvalue weighted by Crippen LogP contribution is -2.49.